The molecule has 1 N–H and O–H groups in total. The molecule has 4 atom stereocenters. The summed E-state index contributed by atoms with van der Waals surface area (Å²) in [5.74, 6) is 0.515. The third-order valence-corrected chi connectivity index (χ3v) is 5.86. The quantitative estimate of drug-likeness (QED) is 0.705. The van der Waals surface area contributed by atoms with E-state index in [2.05, 4.69) is 0 Å². The minimum Gasteiger partial charge on any atom is -0.385 e. The molecule has 4 nitrogen and oxygen atoms in total. The highest BCUT2D eigenvalue weighted by atomic mass is 16.7. The Labute approximate surface area is 107 Å². The van der Waals surface area contributed by atoms with Crippen LogP contribution in [-0.4, -0.2) is 36.0 Å². The van der Waals surface area contributed by atoms with E-state index in [4.69, 9.17) is 9.47 Å². The maximum Gasteiger partial charge on any atom is 0.171 e. The second-order valence-corrected chi connectivity index (χ2v) is 6.46. The van der Waals surface area contributed by atoms with Crippen LogP contribution in [0.4, 0.5) is 0 Å². The van der Waals surface area contributed by atoms with Gasteiger partial charge in [-0.25, -0.2) is 0 Å². The summed E-state index contributed by atoms with van der Waals surface area (Å²) in [7, 11) is 0. The van der Waals surface area contributed by atoms with Crippen molar-refractivity contribution in [3.8, 4) is 0 Å². The van der Waals surface area contributed by atoms with E-state index in [0.717, 1.165) is 32.1 Å². The molecular formula is C14H20O4. The van der Waals surface area contributed by atoms with Crippen molar-refractivity contribution < 1.29 is 19.4 Å². The average Bonchev–Trinajstić information content (AvgIpc) is 2.94. The zero-order valence-corrected chi connectivity index (χ0v) is 10.6. The van der Waals surface area contributed by atoms with Gasteiger partial charge in [0.2, 0.25) is 0 Å². The maximum absolute atomic E-state index is 12.4. The topological polar surface area (TPSA) is 55.8 Å². The largest absolute Gasteiger partial charge is 0.385 e. The van der Waals surface area contributed by atoms with Crippen molar-refractivity contribution in [2.24, 2.45) is 17.3 Å². The van der Waals surface area contributed by atoms with Crippen LogP contribution in [0, 0.1) is 17.3 Å². The molecule has 4 rings (SSSR count). The van der Waals surface area contributed by atoms with Crippen LogP contribution in [0.25, 0.3) is 0 Å². The van der Waals surface area contributed by atoms with Gasteiger partial charge >= 0.3 is 0 Å². The second kappa shape index (κ2) is 3.56. The number of rotatable bonds is 0. The number of carbonyl (C=O) groups is 1. The highest BCUT2D eigenvalue weighted by Crippen LogP contribution is 2.63. The molecule has 2 spiro atoms. The first-order valence-corrected chi connectivity index (χ1v) is 7.17. The van der Waals surface area contributed by atoms with E-state index in [1.54, 1.807) is 0 Å². The SMILES string of the molecule is O=C1C(O)CC[C@H]2C[C@@H]3C[C@]12CCC31OCCO1. The third-order valence-electron chi connectivity index (χ3n) is 5.86. The number of ketones is 1. The Kier molecular flexibility index (Phi) is 2.25. The fourth-order valence-corrected chi connectivity index (χ4v) is 4.99. The Balaban J connectivity index is 1.68. The molecule has 18 heavy (non-hydrogen) atoms. The van der Waals surface area contributed by atoms with Gasteiger partial charge in [0.1, 0.15) is 6.10 Å². The van der Waals surface area contributed by atoms with E-state index >= 15 is 0 Å². The summed E-state index contributed by atoms with van der Waals surface area (Å²) < 4.78 is 11.8. The average molecular weight is 252 g/mol. The molecule has 1 unspecified atom stereocenters. The first-order valence-electron chi connectivity index (χ1n) is 7.17. The van der Waals surface area contributed by atoms with Gasteiger partial charge in [-0.1, -0.05) is 0 Å². The normalized spacial score (nSPS) is 49.6. The summed E-state index contributed by atoms with van der Waals surface area (Å²) in [5, 5.41) is 9.88. The molecule has 0 radical (unpaired) electrons. The van der Waals surface area contributed by atoms with Crippen molar-refractivity contribution in [2.45, 2.75) is 50.4 Å². The summed E-state index contributed by atoms with van der Waals surface area (Å²) >= 11 is 0. The minimum absolute atomic E-state index is 0.106. The summed E-state index contributed by atoms with van der Waals surface area (Å²) in [6.45, 7) is 1.37. The number of Topliss-reactive ketones (excluding diaryl/α,β-unsaturated/α-hetero) is 1. The van der Waals surface area contributed by atoms with Crippen LogP contribution in [-0.2, 0) is 14.3 Å². The molecule has 1 aliphatic heterocycles. The molecule has 100 valence electrons. The Morgan fingerprint density at radius 1 is 1.11 bits per heavy atom. The van der Waals surface area contributed by atoms with E-state index in [1.807, 2.05) is 0 Å². The van der Waals surface area contributed by atoms with Crippen molar-refractivity contribution in [1.29, 1.82) is 0 Å². The van der Waals surface area contributed by atoms with E-state index in [1.165, 1.54) is 0 Å². The van der Waals surface area contributed by atoms with Gasteiger partial charge < -0.3 is 14.6 Å². The first-order chi connectivity index (χ1) is 8.66. The lowest BCUT2D eigenvalue weighted by molar-refractivity contribution is -0.215. The maximum atomic E-state index is 12.4. The fourth-order valence-electron chi connectivity index (χ4n) is 4.99. The van der Waals surface area contributed by atoms with Gasteiger partial charge in [-0.3, -0.25) is 4.79 Å². The van der Waals surface area contributed by atoms with Gasteiger partial charge in [0, 0.05) is 17.8 Å². The summed E-state index contributed by atoms with van der Waals surface area (Å²) in [6, 6.07) is 0. The fraction of sp³-hybridized carbons (Fsp3) is 0.929. The molecule has 3 aliphatic carbocycles. The molecule has 4 aliphatic rings. The van der Waals surface area contributed by atoms with Gasteiger partial charge in [0.15, 0.2) is 11.6 Å². The van der Waals surface area contributed by atoms with Crippen molar-refractivity contribution in [2.75, 3.05) is 13.2 Å². The lowest BCUT2D eigenvalue weighted by Gasteiger charge is -2.45. The first kappa shape index (κ1) is 11.4. The van der Waals surface area contributed by atoms with Crippen LogP contribution >= 0.6 is 0 Å². The predicted octanol–water partition coefficient (Wildman–Crippen LogP) is 1.26. The molecule has 3 saturated carbocycles. The zero-order valence-electron chi connectivity index (χ0n) is 10.6. The van der Waals surface area contributed by atoms with Crippen molar-refractivity contribution in [3.63, 3.8) is 0 Å². The van der Waals surface area contributed by atoms with Gasteiger partial charge in [0.05, 0.1) is 13.2 Å². The van der Waals surface area contributed by atoms with Crippen LogP contribution in [0.15, 0.2) is 0 Å². The van der Waals surface area contributed by atoms with Crippen LogP contribution < -0.4 is 0 Å². The van der Waals surface area contributed by atoms with Crippen molar-refractivity contribution in [3.05, 3.63) is 0 Å². The van der Waals surface area contributed by atoms with E-state index in [9.17, 15) is 9.90 Å². The van der Waals surface area contributed by atoms with Gasteiger partial charge in [0.25, 0.3) is 0 Å². The number of hydrogen-bond acceptors (Lipinski definition) is 4. The summed E-state index contributed by atoms with van der Waals surface area (Å²) in [6.07, 6.45) is 4.48. The standard InChI is InChI=1S/C14H20O4/c15-11-2-1-9-7-10-8-13(9,12(11)16)3-4-14(10)17-5-6-18-14/h9-11,15H,1-8H2/t9-,10+,11?,13-/m0/s1. The van der Waals surface area contributed by atoms with Gasteiger partial charge in [-0.15, -0.1) is 0 Å². The molecule has 1 saturated heterocycles. The van der Waals surface area contributed by atoms with Crippen LogP contribution in [0.3, 0.4) is 0 Å². The molecular weight excluding hydrogens is 232 g/mol. The number of aliphatic hydroxyl groups is 1. The summed E-state index contributed by atoms with van der Waals surface area (Å²) in [4.78, 5) is 12.4. The Morgan fingerprint density at radius 3 is 2.67 bits per heavy atom. The van der Waals surface area contributed by atoms with Crippen molar-refractivity contribution >= 4 is 5.78 Å². The van der Waals surface area contributed by atoms with E-state index in [-0.39, 0.29) is 11.2 Å². The second-order valence-electron chi connectivity index (χ2n) is 6.46. The van der Waals surface area contributed by atoms with Crippen LogP contribution in [0.5, 0.6) is 0 Å². The van der Waals surface area contributed by atoms with E-state index < -0.39 is 11.9 Å². The highest BCUT2D eigenvalue weighted by molar-refractivity contribution is 5.90. The molecule has 4 heteroatoms. The number of aliphatic hydroxyl groups excluding tert-OH is 1. The number of fused-ring (bicyclic) bond motifs is 2. The van der Waals surface area contributed by atoms with Gasteiger partial charge in [-0.2, -0.15) is 0 Å². The van der Waals surface area contributed by atoms with Crippen LogP contribution in [0.2, 0.25) is 0 Å². The third kappa shape index (κ3) is 1.24. The Hall–Kier alpha value is -0.450. The Bertz CT molecular complexity index is 387. The van der Waals surface area contributed by atoms with Crippen molar-refractivity contribution in [1.82, 2.24) is 0 Å². The summed E-state index contributed by atoms with van der Waals surface area (Å²) in [5.41, 5.74) is -0.247. The molecule has 2 bridgehead atoms. The lowest BCUT2D eigenvalue weighted by atomic mass is 9.62. The van der Waals surface area contributed by atoms with Crippen LogP contribution in [0.1, 0.15) is 38.5 Å². The molecule has 0 aromatic heterocycles. The number of hydrogen-bond donors (Lipinski definition) is 1. The van der Waals surface area contributed by atoms with Gasteiger partial charge in [-0.05, 0) is 38.0 Å². The molecule has 4 fully saturated rings. The minimum atomic E-state index is -0.723. The molecule has 0 aromatic rings. The monoisotopic (exact) mass is 252 g/mol. The lowest BCUT2D eigenvalue weighted by Crippen LogP contribution is -2.50. The van der Waals surface area contributed by atoms with E-state index in [0.29, 0.717) is 31.5 Å². The predicted molar refractivity (Wildman–Crippen MR) is 62.8 cm³/mol. The molecule has 0 amide bonds. The molecule has 0 aromatic carbocycles. The number of carbonyl (C=O) groups excluding carboxylic acids is 1. The Morgan fingerprint density at radius 2 is 1.89 bits per heavy atom. The molecule has 1 heterocycles. The highest BCUT2D eigenvalue weighted by Gasteiger charge is 2.64. The smallest absolute Gasteiger partial charge is 0.171 e. The number of ether oxygens (including phenoxy) is 2. The zero-order chi connectivity index (χ0) is 12.4.